The van der Waals surface area contributed by atoms with Crippen LogP contribution >= 0.6 is 0 Å². The number of hydrogen-bond donors (Lipinski definition) is 3. The first-order valence-electron chi connectivity index (χ1n) is 11.2. The molecular formula is C23H32N6O4. The van der Waals surface area contributed by atoms with Crippen molar-refractivity contribution in [2.24, 2.45) is 0 Å². The number of anilines is 1. The molecule has 2 aromatic heterocycles. The molecule has 0 fully saturated rings. The third kappa shape index (κ3) is 6.79. The molecular weight excluding hydrogens is 424 g/mol. The van der Waals surface area contributed by atoms with Crippen LogP contribution < -0.4 is 20.5 Å². The van der Waals surface area contributed by atoms with E-state index in [9.17, 15) is 4.79 Å². The molecule has 0 atom stereocenters. The molecule has 0 unspecified atom stereocenters. The summed E-state index contributed by atoms with van der Waals surface area (Å²) in [5.74, 6) is -0.551. The quantitative estimate of drug-likeness (QED) is 0.313. The molecule has 0 aliphatic carbocycles. The van der Waals surface area contributed by atoms with Crippen LogP contribution in [0.2, 0.25) is 0 Å². The van der Waals surface area contributed by atoms with Gasteiger partial charge in [-0.25, -0.2) is 0 Å². The number of methoxy groups -OCH3 is 1. The molecule has 0 aliphatic rings. The lowest BCUT2D eigenvalue weighted by atomic mass is 10.1. The van der Waals surface area contributed by atoms with Gasteiger partial charge < -0.3 is 25.6 Å². The number of nitrogens with two attached hydrogens (primary N) is 1. The second kappa shape index (κ2) is 12.0. The molecule has 0 spiro atoms. The van der Waals surface area contributed by atoms with Gasteiger partial charge in [0.15, 0.2) is 17.0 Å². The van der Waals surface area contributed by atoms with Crippen LogP contribution in [-0.2, 0) is 24.3 Å². The van der Waals surface area contributed by atoms with Crippen LogP contribution in [0.25, 0.3) is 11.2 Å². The van der Waals surface area contributed by atoms with Gasteiger partial charge in [-0.15, -0.1) is 0 Å². The predicted octanol–water partition coefficient (Wildman–Crippen LogP) is 2.79. The summed E-state index contributed by atoms with van der Waals surface area (Å²) < 4.78 is 13.0. The number of rotatable bonds is 14. The number of hydrogen-bond acceptors (Lipinski definition) is 8. The van der Waals surface area contributed by atoms with E-state index in [1.54, 1.807) is 7.11 Å². The smallest absolute Gasteiger partial charge is 0.320 e. The minimum Gasteiger partial charge on any atom is -0.481 e. The summed E-state index contributed by atoms with van der Waals surface area (Å²) in [6.45, 7) is 4.80. The number of carboxylic acids is 1. The molecule has 0 radical (unpaired) electrons. The van der Waals surface area contributed by atoms with Crippen molar-refractivity contribution in [3.63, 3.8) is 0 Å². The average Bonchev–Trinajstić information content (AvgIpc) is 3.14. The van der Waals surface area contributed by atoms with Crippen molar-refractivity contribution >= 4 is 23.0 Å². The average molecular weight is 457 g/mol. The molecule has 3 rings (SSSR count). The molecule has 0 aliphatic heterocycles. The van der Waals surface area contributed by atoms with Gasteiger partial charge in [0.1, 0.15) is 0 Å². The molecule has 0 bridgehead atoms. The van der Waals surface area contributed by atoms with Crippen LogP contribution in [0.1, 0.15) is 43.7 Å². The van der Waals surface area contributed by atoms with E-state index < -0.39 is 5.97 Å². The van der Waals surface area contributed by atoms with Crippen LogP contribution in [0.5, 0.6) is 12.0 Å². The Balaban J connectivity index is 1.54. The van der Waals surface area contributed by atoms with Crippen molar-refractivity contribution in [1.82, 2.24) is 24.8 Å². The zero-order valence-corrected chi connectivity index (χ0v) is 19.2. The first kappa shape index (κ1) is 24.2. The molecule has 1 aromatic carbocycles. The highest BCUT2D eigenvalue weighted by Gasteiger charge is 2.17. The molecule has 4 N–H and O–H groups in total. The normalized spacial score (nSPS) is 11.1. The first-order valence-corrected chi connectivity index (χ1v) is 11.2. The standard InChI is InChI=1S/C23H32N6O4/c1-3-4-12-33-22-27-20(24)19-21(28-22)29(23(26-19)32-2)11-6-5-10-25-15-17-9-7-8-16(13-17)14-18(30)31/h7-9,13,25H,3-6,10-12,14-15H2,1-2H3,(H,30,31)(H2,24,27,28). The van der Waals surface area contributed by atoms with Crippen LogP contribution in [0.3, 0.4) is 0 Å². The van der Waals surface area contributed by atoms with Gasteiger partial charge in [-0.05, 0) is 36.9 Å². The summed E-state index contributed by atoms with van der Waals surface area (Å²) in [5, 5.41) is 12.3. The Kier molecular flexibility index (Phi) is 8.82. The van der Waals surface area contributed by atoms with Gasteiger partial charge >= 0.3 is 12.0 Å². The summed E-state index contributed by atoms with van der Waals surface area (Å²) in [6, 6.07) is 8.33. The molecule has 178 valence electrons. The molecule has 10 heteroatoms. The number of aromatic nitrogens is 4. The number of unbranched alkanes of at least 4 members (excludes halogenated alkanes) is 2. The van der Waals surface area contributed by atoms with Crippen molar-refractivity contribution in [2.75, 3.05) is 26.0 Å². The summed E-state index contributed by atoms with van der Waals surface area (Å²) in [5.41, 5.74) is 9.07. The molecule has 0 amide bonds. The monoisotopic (exact) mass is 456 g/mol. The number of ether oxygens (including phenoxy) is 2. The van der Waals surface area contributed by atoms with E-state index in [1.807, 2.05) is 28.8 Å². The fourth-order valence-electron chi connectivity index (χ4n) is 3.49. The topological polar surface area (TPSA) is 137 Å². The van der Waals surface area contributed by atoms with Gasteiger partial charge in [0.05, 0.1) is 20.1 Å². The maximum atomic E-state index is 10.9. The second-order valence-corrected chi connectivity index (χ2v) is 7.79. The molecule has 10 nitrogen and oxygen atoms in total. The summed E-state index contributed by atoms with van der Waals surface area (Å²) >= 11 is 0. The molecule has 0 saturated heterocycles. The highest BCUT2D eigenvalue weighted by atomic mass is 16.5. The Morgan fingerprint density at radius 3 is 2.76 bits per heavy atom. The zero-order valence-electron chi connectivity index (χ0n) is 19.2. The number of aliphatic carboxylic acids is 1. The number of fused-ring (bicyclic) bond motifs is 1. The first-order chi connectivity index (χ1) is 16.0. The lowest BCUT2D eigenvalue weighted by Crippen LogP contribution is -2.15. The Morgan fingerprint density at radius 2 is 2.00 bits per heavy atom. The van der Waals surface area contributed by atoms with Gasteiger partial charge in [0, 0.05) is 13.1 Å². The number of carboxylic acid groups (broad SMARTS) is 1. The van der Waals surface area contributed by atoms with Crippen molar-refractivity contribution < 1.29 is 19.4 Å². The van der Waals surface area contributed by atoms with Crippen molar-refractivity contribution in [2.45, 2.75) is 52.1 Å². The van der Waals surface area contributed by atoms with Crippen molar-refractivity contribution in [3.05, 3.63) is 35.4 Å². The number of aryl methyl sites for hydroxylation is 1. The van der Waals surface area contributed by atoms with E-state index in [1.165, 1.54) is 0 Å². The van der Waals surface area contributed by atoms with E-state index in [0.29, 0.717) is 36.9 Å². The molecule has 33 heavy (non-hydrogen) atoms. The summed E-state index contributed by atoms with van der Waals surface area (Å²) in [6.07, 6.45) is 3.78. The lowest BCUT2D eigenvalue weighted by molar-refractivity contribution is -0.136. The maximum Gasteiger partial charge on any atom is 0.320 e. The van der Waals surface area contributed by atoms with E-state index in [-0.39, 0.29) is 18.2 Å². The highest BCUT2D eigenvalue weighted by molar-refractivity contribution is 5.83. The Hall–Kier alpha value is -3.40. The zero-order chi connectivity index (χ0) is 23.6. The van der Waals surface area contributed by atoms with E-state index in [2.05, 4.69) is 27.2 Å². The number of nitrogens with zero attached hydrogens (tertiary/aromatic N) is 4. The van der Waals surface area contributed by atoms with Crippen molar-refractivity contribution in [1.29, 1.82) is 0 Å². The van der Waals surface area contributed by atoms with Gasteiger partial charge in [0.2, 0.25) is 0 Å². The maximum absolute atomic E-state index is 10.9. The largest absolute Gasteiger partial charge is 0.481 e. The third-order valence-electron chi connectivity index (χ3n) is 5.14. The minimum atomic E-state index is -0.825. The Morgan fingerprint density at radius 1 is 1.18 bits per heavy atom. The van der Waals surface area contributed by atoms with E-state index in [4.69, 9.17) is 20.3 Å². The van der Waals surface area contributed by atoms with Gasteiger partial charge in [-0.1, -0.05) is 37.6 Å². The number of nitrogen functional groups attached to an aromatic ring is 1. The third-order valence-corrected chi connectivity index (χ3v) is 5.14. The van der Waals surface area contributed by atoms with Gasteiger partial charge in [0.25, 0.3) is 6.01 Å². The number of nitrogens with one attached hydrogen (secondary N) is 1. The summed E-state index contributed by atoms with van der Waals surface area (Å²) in [4.78, 5) is 24.0. The molecule has 2 heterocycles. The predicted molar refractivity (Wildman–Crippen MR) is 125 cm³/mol. The SMILES string of the molecule is CCCCOc1nc(N)c2nc(OC)n(CCCCNCc3cccc(CC(=O)O)c3)c2n1. The van der Waals surface area contributed by atoms with Crippen LogP contribution in [0.15, 0.2) is 24.3 Å². The van der Waals surface area contributed by atoms with Crippen molar-refractivity contribution in [3.8, 4) is 12.0 Å². The minimum absolute atomic E-state index is 0.0357. The second-order valence-electron chi connectivity index (χ2n) is 7.79. The van der Waals surface area contributed by atoms with Crippen LogP contribution in [0.4, 0.5) is 5.82 Å². The lowest BCUT2D eigenvalue weighted by Gasteiger charge is -2.09. The van der Waals surface area contributed by atoms with Gasteiger partial charge in [-0.2, -0.15) is 15.0 Å². The molecule has 0 saturated carbocycles. The van der Waals surface area contributed by atoms with Gasteiger partial charge in [-0.3, -0.25) is 9.36 Å². The molecule has 3 aromatic rings. The highest BCUT2D eigenvalue weighted by Crippen LogP contribution is 2.25. The number of imidazole rings is 1. The van der Waals surface area contributed by atoms with E-state index in [0.717, 1.165) is 43.4 Å². The fraction of sp³-hybridized carbons (Fsp3) is 0.478. The van der Waals surface area contributed by atoms with E-state index >= 15 is 0 Å². The van der Waals surface area contributed by atoms with Crippen LogP contribution in [0, 0.1) is 0 Å². The number of benzene rings is 1. The fourth-order valence-corrected chi connectivity index (χ4v) is 3.49. The Labute approximate surface area is 193 Å². The summed E-state index contributed by atoms with van der Waals surface area (Å²) in [7, 11) is 1.57. The number of carbonyl (C=O) groups is 1. The van der Waals surface area contributed by atoms with Crippen LogP contribution in [-0.4, -0.2) is 50.9 Å². The Bertz CT molecular complexity index is 1070.